The van der Waals surface area contributed by atoms with Gasteiger partial charge < -0.3 is 10.5 Å². The standard InChI is InChI=1S/C27H28N2O2/c1-19-22(12-13-28)16-24(17-26(19)27(30)31)20-8-10-21(11-9-20)25-7-3-2-6-23(25)18-29-14-4-5-15-29/h2-3,6-11,13,16-17,28H,4-5,12,14-15,18H2,1H3,(H,30,31). The molecule has 0 bridgehead atoms. The normalized spacial score (nSPS) is 14.0. The highest BCUT2D eigenvalue weighted by atomic mass is 16.4. The first kappa shape index (κ1) is 21.0. The number of hydrogen-bond acceptors (Lipinski definition) is 3. The van der Waals surface area contributed by atoms with Crippen molar-refractivity contribution in [2.24, 2.45) is 0 Å². The molecule has 0 aromatic heterocycles. The van der Waals surface area contributed by atoms with Crippen LogP contribution in [-0.2, 0) is 13.0 Å². The van der Waals surface area contributed by atoms with E-state index in [0.29, 0.717) is 12.0 Å². The number of carboxylic acids is 1. The molecule has 1 heterocycles. The van der Waals surface area contributed by atoms with Crippen LogP contribution in [0.2, 0.25) is 0 Å². The summed E-state index contributed by atoms with van der Waals surface area (Å²) in [6.07, 6.45) is 4.32. The summed E-state index contributed by atoms with van der Waals surface area (Å²) in [5.74, 6) is -0.932. The third-order valence-corrected chi connectivity index (χ3v) is 6.21. The Hall–Kier alpha value is -3.24. The molecule has 0 spiro atoms. The van der Waals surface area contributed by atoms with Crippen LogP contribution >= 0.6 is 0 Å². The number of benzene rings is 3. The van der Waals surface area contributed by atoms with Crippen LogP contribution in [0.3, 0.4) is 0 Å². The second kappa shape index (κ2) is 9.27. The van der Waals surface area contributed by atoms with E-state index in [9.17, 15) is 9.90 Å². The molecule has 4 rings (SSSR count). The lowest BCUT2D eigenvalue weighted by molar-refractivity contribution is 0.0696. The van der Waals surface area contributed by atoms with Gasteiger partial charge in [0, 0.05) is 13.0 Å². The van der Waals surface area contributed by atoms with Crippen molar-refractivity contribution in [3.8, 4) is 22.3 Å². The van der Waals surface area contributed by atoms with E-state index in [-0.39, 0.29) is 0 Å². The Balaban J connectivity index is 1.67. The Morgan fingerprint density at radius 2 is 1.65 bits per heavy atom. The molecule has 0 amide bonds. The first-order chi connectivity index (χ1) is 15.1. The van der Waals surface area contributed by atoms with E-state index < -0.39 is 5.97 Å². The minimum atomic E-state index is -0.932. The molecule has 0 unspecified atom stereocenters. The zero-order chi connectivity index (χ0) is 21.8. The Bertz CT molecular complexity index is 1100. The van der Waals surface area contributed by atoms with Gasteiger partial charge in [0.05, 0.1) is 5.56 Å². The molecule has 4 heteroatoms. The SMILES string of the molecule is Cc1c(CC=N)cc(-c2ccc(-c3ccccc3CN3CCCC3)cc2)cc1C(=O)O. The number of carboxylic acid groups (broad SMARTS) is 1. The molecule has 1 aliphatic rings. The highest BCUT2D eigenvalue weighted by molar-refractivity contribution is 5.92. The lowest BCUT2D eigenvalue weighted by Crippen LogP contribution is -2.18. The van der Waals surface area contributed by atoms with Crippen LogP contribution in [0, 0.1) is 12.3 Å². The van der Waals surface area contributed by atoms with E-state index >= 15 is 0 Å². The molecule has 1 fully saturated rings. The second-order valence-corrected chi connectivity index (χ2v) is 8.24. The van der Waals surface area contributed by atoms with Crippen molar-refractivity contribution in [1.29, 1.82) is 5.41 Å². The first-order valence-corrected chi connectivity index (χ1v) is 10.8. The number of nitrogens with one attached hydrogen (secondary N) is 1. The fourth-order valence-electron chi connectivity index (χ4n) is 4.45. The topological polar surface area (TPSA) is 64.4 Å². The Kier molecular flexibility index (Phi) is 6.28. The molecule has 4 nitrogen and oxygen atoms in total. The summed E-state index contributed by atoms with van der Waals surface area (Å²) >= 11 is 0. The van der Waals surface area contributed by atoms with Crippen molar-refractivity contribution < 1.29 is 9.90 Å². The zero-order valence-electron chi connectivity index (χ0n) is 17.9. The van der Waals surface area contributed by atoms with Crippen LogP contribution in [-0.4, -0.2) is 35.3 Å². The van der Waals surface area contributed by atoms with Crippen molar-refractivity contribution in [2.45, 2.75) is 32.7 Å². The van der Waals surface area contributed by atoms with Crippen LogP contribution in [0.4, 0.5) is 0 Å². The number of aromatic carboxylic acids is 1. The van der Waals surface area contributed by atoms with Crippen LogP contribution < -0.4 is 0 Å². The predicted molar refractivity (Wildman–Crippen MR) is 126 cm³/mol. The quantitative estimate of drug-likeness (QED) is 0.481. The van der Waals surface area contributed by atoms with Crippen LogP contribution in [0.15, 0.2) is 60.7 Å². The van der Waals surface area contributed by atoms with Gasteiger partial charge in [-0.3, -0.25) is 4.90 Å². The fourth-order valence-corrected chi connectivity index (χ4v) is 4.45. The molecule has 0 radical (unpaired) electrons. The number of carbonyl (C=O) groups is 1. The monoisotopic (exact) mass is 412 g/mol. The molecule has 3 aromatic carbocycles. The van der Waals surface area contributed by atoms with Crippen LogP contribution in [0.25, 0.3) is 22.3 Å². The van der Waals surface area contributed by atoms with E-state index in [2.05, 4.69) is 53.4 Å². The summed E-state index contributed by atoms with van der Waals surface area (Å²) in [5.41, 5.74) is 7.52. The molecule has 2 N–H and O–H groups in total. The molecular formula is C27H28N2O2. The molecule has 1 saturated heterocycles. The van der Waals surface area contributed by atoms with Crippen molar-refractivity contribution in [2.75, 3.05) is 13.1 Å². The number of hydrogen-bond donors (Lipinski definition) is 2. The Morgan fingerprint density at radius 3 is 2.32 bits per heavy atom. The van der Waals surface area contributed by atoms with Crippen molar-refractivity contribution in [1.82, 2.24) is 4.90 Å². The van der Waals surface area contributed by atoms with Gasteiger partial charge in [0.2, 0.25) is 0 Å². The summed E-state index contributed by atoms with van der Waals surface area (Å²) < 4.78 is 0. The maximum Gasteiger partial charge on any atom is 0.335 e. The van der Waals surface area contributed by atoms with Crippen molar-refractivity contribution in [3.63, 3.8) is 0 Å². The van der Waals surface area contributed by atoms with Crippen LogP contribution in [0.1, 0.15) is 39.9 Å². The van der Waals surface area contributed by atoms with Crippen LogP contribution in [0.5, 0.6) is 0 Å². The van der Waals surface area contributed by atoms with Gasteiger partial charge in [0.25, 0.3) is 0 Å². The van der Waals surface area contributed by atoms with Gasteiger partial charge in [0.15, 0.2) is 0 Å². The largest absolute Gasteiger partial charge is 0.478 e. The minimum Gasteiger partial charge on any atom is -0.478 e. The van der Waals surface area contributed by atoms with Gasteiger partial charge in [-0.1, -0.05) is 54.6 Å². The summed E-state index contributed by atoms with van der Waals surface area (Å²) in [6, 6.07) is 20.7. The summed E-state index contributed by atoms with van der Waals surface area (Å²) in [5, 5.41) is 17.0. The number of nitrogens with zero attached hydrogens (tertiary/aromatic N) is 1. The van der Waals surface area contributed by atoms with Gasteiger partial charge in [-0.15, -0.1) is 0 Å². The van der Waals surface area contributed by atoms with Gasteiger partial charge >= 0.3 is 5.97 Å². The first-order valence-electron chi connectivity index (χ1n) is 10.8. The average Bonchev–Trinajstić information content (AvgIpc) is 3.29. The highest BCUT2D eigenvalue weighted by Gasteiger charge is 2.15. The molecule has 158 valence electrons. The van der Waals surface area contributed by atoms with E-state index in [1.165, 1.54) is 48.8 Å². The van der Waals surface area contributed by atoms with E-state index in [1.807, 2.05) is 13.0 Å². The predicted octanol–water partition coefficient (Wildman–Crippen LogP) is 5.82. The molecular weight excluding hydrogens is 384 g/mol. The highest BCUT2D eigenvalue weighted by Crippen LogP contribution is 2.30. The minimum absolute atomic E-state index is 0.300. The Labute approximate surface area is 183 Å². The summed E-state index contributed by atoms with van der Waals surface area (Å²) in [6.45, 7) is 5.13. The van der Waals surface area contributed by atoms with E-state index in [4.69, 9.17) is 5.41 Å². The van der Waals surface area contributed by atoms with Crippen molar-refractivity contribution >= 4 is 12.2 Å². The van der Waals surface area contributed by atoms with Gasteiger partial charge in [-0.05, 0) is 84.1 Å². The molecule has 3 aromatic rings. The maximum atomic E-state index is 11.7. The van der Waals surface area contributed by atoms with Gasteiger partial charge in [0.1, 0.15) is 0 Å². The smallest absolute Gasteiger partial charge is 0.335 e. The summed E-state index contributed by atoms with van der Waals surface area (Å²) in [7, 11) is 0. The lowest BCUT2D eigenvalue weighted by Gasteiger charge is -2.18. The fraction of sp³-hybridized carbons (Fsp3) is 0.259. The van der Waals surface area contributed by atoms with Gasteiger partial charge in [-0.2, -0.15) is 0 Å². The number of rotatable bonds is 7. The molecule has 0 aliphatic carbocycles. The molecule has 31 heavy (non-hydrogen) atoms. The number of likely N-dealkylation sites (tertiary alicyclic amines) is 1. The van der Waals surface area contributed by atoms with Crippen molar-refractivity contribution in [3.05, 3.63) is 82.9 Å². The van der Waals surface area contributed by atoms with E-state index in [0.717, 1.165) is 28.8 Å². The third kappa shape index (κ3) is 4.59. The van der Waals surface area contributed by atoms with Gasteiger partial charge in [-0.25, -0.2) is 4.79 Å². The van der Waals surface area contributed by atoms with E-state index in [1.54, 1.807) is 6.07 Å². The second-order valence-electron chi connectivity index (χ2n) is 8.24. The third-order valence-electron chi connectivity index (χ3n) is 6.21. The molecule has 1 aliphatic heterocycles. The average molecular weight is 413 g/mol. The maximum absolute atomic E-state index is 11.7. The Morgan fingerprint density at radius 1 is 0.968 bits per heavy atom. The molecule has 0 atom stereocenters. The molecule has 0 saturated carbocycles. The lowest BCUT2D eigenvalue weighted by atomic mass is 9.92. The summed E-state index contributed by atoms with van der Waals surface area (Å²) in [4.78, 5) is 14.2. The zero-order valence-corrected chi connectivity index (χ0v) is 17.9.